The van der Waals surface area contributed by atoms with Gasteiger partial charge in [0, 0.05) is 25.4 Å². The van der Waals surface area contributed by atoms with Crippen molar-refractivity contribution < 1.29 is 4.74 Å². The number of nitrogens with one attached hydrogen (secondary N) is 1. The second-order valence-corrected chi connectivity index (χ2v) is 5.89. The van der Waals surface area contributed by atoms with Crippen molar-refractivity contribution in [2.75, 3.05) is 25.4 Å². The van der Waals surface area contributed by atoms with Gasteiger partial charge in [-0.1, -0.05) is 11.8 Å². The SMILES string of the molecule is Cc1nsc(SCCNCC2CCCO2)n1. The lowest BCUT2D eigenvalue weighted by Gasteiger charge is -2.09. The summed E-state index contributed by atoms with van der Waals surface area (Å²) in [6.07, 6.45) is 2.86. The molecule has 2 heterocycles. The van der Waals surface area contributed by atoms with Crippen LogP contribution in [0.2, 0.25) is 0 Å². The first-order valence-electron chi connectivity index (χ1n) is 5.60. The van der Waals surface area contributed by atoms with Crippen LogP contribution < -0.4 is 5.32 Å². The molecule has 16 heavy (non-hydrogen) atoms. The maximum Gasteiger partial charge on any atom is 0.170 e. The third-order valence-corrected chi connectivity index (χ3v) is 4.34. The van der Waals surface area contributed by atoms with E-state index in [-0.39, 0.29) is 0 Å². The van der Waals surface area contributed by atoms with E-state index in [1.54, 1.807) is 11.8 Å². The van der Waals surface area contributed by atoms with E-state index in [0.29, 0.717) is 6.10 Å². The highest BCUT2D eigenvalue weighted by atomic mass is 32.2. The first-order chi connectivity index (χ1) is 7.84. The normalized spacial score (nSPS) is 20.4. The number of thioether (sulfide) groups is 1. The fourth-order valence-corrected chi connectivity index (χ4v) is 3.23. The van der Waals surface area contributed by atoms with Gasteiger partial charge in [0.25, 0.3) is 0 Å². The van der Waals surface area contributed by atoms with E-state index in [1.807, 2.05) is 6.92 Å². The van der Waals surface area contributed by atoms with Gasteiger partial charge in [-0.2, -0.15) is 4.37 Å². The summed E-state index contributed by atoms with van der Waals surface area (Å²) in [6.45, 7) is 4.85. The molecule has 0 aliphatic carbocycles. The van der Waals surface area contributed by atoms with E-state index in [4.69, 9.17) is 4.74 Å². The Bertz CT molecular complexity index is 313. The minimum atomic E-state index is 0.439. The lowest BCUT2D eigenvalue weighted by atomic mass is 10.2. The second-order valence-electron chi connectivity index (χ2n) is 3.80. The predicted octanol–water partition coefficient (Wildman–Crippen LogP) is 1.71. The largest absolute Gasteiger partial charge is 0.377 e. The molecule has 2 rings (SSSR count). The molecule has 1 atom stereocenters. The van der Waals surface area contributed by atoms with E-state index < -0.39 is 0 Å². The molecule has 1 aromatic heterocycles. The Morgan fingerprint density at radius 3 is 3.25 bits per heavy atom. The molecular weight excluding hydrogens is 242 g/mol. The molecule has 1 unspecified atom stereocenters. The second kappa shape index (κ2) is 6.54. The lowest BCUT2D eigenvalue weighted by Crippen LogP contribution is -2.27. The molecule has 1 aliphatic heterocycles. The molecular formula is C10H17N3OS2. The van der Waals surface area contributed by atoms with E-state index >= 15 is 0 Å². The van der Waals surface area contributed by atoms with Gasteiger partial charge in [-0.05, 0) is 31.3 Å². The Labute approximate surface area is 104 Å². The summed E-state index contributed by atoms with van der Waals surface area (Å²) in [4.78, 5) is 4.30. The Balaban J connectivity index is 1.51. The zero-order valence-corrected chi connectivity index (χ0v) is 11.1. The molecule has 0 bridgehead atoms. The maximum atomic E-state index is 5.53. The van der Waals surface area contributed by atoms with Crippen LogP contribution in [0.5, 0.6) is 0 Å². The van der Waals surface area contributed by atoms with Gasteiger partial charge in [-0.15, -0.1) is 0 Å². The van der Waals surface area contributed by atoms with Gasteiger partial charge in [0.15, 0.2) is 4.34 Å². The number of aryl methyl sites for hydroxylation is 1. The molecule has 0 radical (unpaired) electrons. The maximum absolute atomic E-state index is 5.53. The minimum absolute atomic E-state index is 0.439. The van der Waals surface area contributed by atoms with Crippen molar-refractivity contribution in [3.63, 3.8) is 0 Å². The summed E-state index contributed by atoms with van der Waals surface area (Å²) in [5.74, 6) is 1.92. The fourth-order valence-electron chi connectivity index (χ4n) is 1.62. The molecule has 1 aliphatic rings. The number of hydrogen-bond acceptors (Lipinski definition) is 6. The Morgan fingerprint density at radius 1 is 1.62 bits per heavy atom. The topological polar surface area (TPSA) is 47.0 Å². The summed E-state index contributed by atoms with van der Waals surface area (Å²) >= 11 is 3.25. The number of ether oxygens (including phenoxy) is 1. The van der Waals surface area contributed by atoms with Crippen LogP contribution in [0.3, 0.4) is 0 Å². The van der Waals surface area contributed by atoms with Crippen LogP contribution in [-0.4, -0.2) is 40.9 Å². The summed E-state index contributed by atoms with van der Waals surface area (Å²) in [5.41, 5.74) is 0. The molecule has 1 fully saturated rings. The molecule has 1 saturated heterocycles. The standard InChI is InChI=1S/C10H17N3OS2/c1-8-12-10(16-13-8)15-6-4-11-7-9-3-2-5-14-9/h9,11H,2-7H2,1H3. The van der Waals surface area contributed by atoms with Gasteiger partial charge >= 0.3 is 0 Å². The van der Waals surface area contributed by atoms with Crippen molar-refractivity contribution in [3.05, 3.63) is 5.82 Å². The molecule has 1 aromatic rings. The van der Waals surface area contributed by atoms with Gasteiger partial charge in [0.05, 0.1) is 6.10 Å². The van der Waals surface area contributed by atoms with Crippen LogP contribution in [0.15, 0.2) is 4.34 Å². The molecule has 0 saturated carbocycles. The fraction of sp³-hybridized carbons (Fsp3) is 0.800. The molecule has 90 valence electrons. The van der Waals surface area contributed by atoms with Gasteiger partial charge in [0.2, 0.25) is 0 Å². The number of hydrogen-bond donors (Lipinski definition) is 1. The van der Waals surface area contributed by atoms with Gasteiger partial charge < -0.3 is 10.1 Å². The number of rotatable bonds is 6. The first-order valence-corrected chi connectivity index (χ1v) is 7.36. The average Bonchev–Trinajstić information content (AvgIpc) is 2.89. The minimum Gasteiger partial charge on any atom is -0.377 e. The highest BCUT2D eigenvalue weighted by Crippen LogP contribution is 2.18. The predicted molar refractivity (Wildman–Crippen MR) is 67.2 cm³/mol. The van der Waals surface area contributed by atoms with Crippen molar-refractivity contribution in [1.29, 1.82) is 0 Å². The van der Waals surface area contributed by atoms with Crippen LogP contribution in [0, 0.1) is 6.92 Å². The third-order valence-electron chi connectivity index (χ3n) is 2.41. The molecule has 1 N–H and O–H groups in total. The van der Waals surface area contributed by atoms with Crippen molar-refractivity contribution in [3.8, 4) is 0 Å². The zero-order chi connectivity index (χ0) is 11.2. The van der Waals surface area contributed by atoms with Crippen molar-refractivity contribution >= 4 is 23.3 Å². The first kappa shape index (κ1) is 12.3. The number of aromatic nitrogens is 2. The van der Waals surface area contributed by atoms with Gasteiger partial charge in [-0.25, -0.2) is 4.98 Å². The summed E-state index contributed by atoms with van der Waals surface area (Å²) < 4.78 is 10.7. The van der Waals surface area contributed by atoms with Crippen molar-refractivity contribution in [2.45, 2.75) is 30.2 Å². The van der Waals surface area contributed by atoms with E-state index in [9.17, 15) is 0 Å². The Hall–Kier alpha value is -0.170. The van der Waals surface area contributed by atoms with E-state index in [0.717, 1.165) is 35.6 Å². The highest BCUT2D eigenvalue weighted by molar-refractivity contribution is 8.00. The van der Waals surface area contributed by atoms with Gasteiger partial charge in [-0.3, -0.25) is 0 Å². The summed E-state index contributed by atoms with van der Waals surface area (Å²) in [7, 11) is 0. The highest BCUT2D eigenvalue weighted by Gasteiger charge is 2.14. The van der Waals surface area contributed by atoms with Gasteiger partial charge in [0.1, 0.15) is 5.82 Å². The summed E-state index contributed by atoms with van der Waals surface area (Å²) in [6, 6.07) is 0. The zero-order valence-electron chi connectivity index (χ0n) is 9.44. The Morgan fingerprint density at radius 2 is 2.56 bits per heavy atom. The van der Waals surface area contributed by atoms with Crippen molar-refractivity contribution in [1.82, 2.24) is 14.7 Å². The van der Waals surface area contributed by atoms with E-state index in [2.05, 4.69) is 14.7 Å². The van der Waals surface area contributed by atoms with Crippen LogP contribution in [-0.2, 0) is 4.74 Å². The van der Waals surface area contributed by atoms with Crippen LogP contribution in [0.25, 0.3) is 0 Å². The Kier molecular flexibility index (Phi) is 5.02. The van der Waals surface area contributed by atoms with Crippen LogP contribution in [0.1, 0.15) is 18.7 Å². The molecule has 6 heteroatoms. The average molecular weight is 259 g/mol. The molecule has 0 aromatic carbocycles. The number of nitrogens with zero attached hydrogens (tertiary/aromatic N) is 2. The third kappa shape index (κ3) is 4.01. The molecule has 0 amide bonds. The summed E-state index contributed by atoms with van der Waals surface area (Å²) in [5, 5.41) is 3.41. The quantitative estimate of drug-likeness (QED) is 0.622. The molecule has 4 nitrogen and oxygen atoms in total. The smallest absolute Gasteiger partial charge is 0.170 e. The van der Waals surface area contributed by atoms with Crippen molar-refractivity contribution in [2.24, 2.45) is 0 Å². The molecule has 0 spiro atoms. The van der Waals surface area contributed by atoms with Crippen LogP contribution >= 0.6 is 23.3 Å². The van der Waals surface area contributed by atoms with E-state index in [1.165, 1.54) is 24.4 Å². The monoisotopic (exact) mass is 259 g/mol. The lowest BCUT2D eigenvalue weighted by molar-refractivity contribution is 0.110. The van der Waals surface area contributed by atoms with Crippen LogP contribution in [0.4, 0.5) is 0 Å².